The van der Waals surface area contributed by atoms with E-state index >= 15 is 0 Å². The van der Waals surface area contributed by atoms with E-state index in [9.17, 15) is 9.00 Å². The molecule has 1 saturated heterocycles. The third-order valence-electron chi connectivity index (χ3n) is 9.79. The van der Waals surface area contributed by atoms with Crippen molar-refractivity contribution in [1.82, 2.24) is 0 Å². The largest absolute Gasteiger partial charge is 0.370 e. The molecule has 0 bridgehead atoms. The zero-order chi connectivity index (χ0) is 23.0. The number of hydrogen-bond acceptors (Lipinski definition) is 3. The second kappa shape index (κ2) is 7.61. The molecule has 1 heterocycles. The van der Waals surface area contributed by atoms with Gasteiger partial charge >= 0.3 is 0 Å². The number of ketones is 1. The van der Waals surface area contributed by atoms with Gasteiger partial charge < -0.3 is 4.74 Å². The van der Waals surface area contributed by atoms with Crippen molar-refractivity contribution >= 4 is 16.6 Å². The lowest BCUT2D eigenvalue weighted by Gasteiger charge is -2.55. The molecule has 3 nitrogen and oxygen atoms in total. The number of rotatable bonds is 2. The highest BCUT2D eigenvalue weighted by atomic mass is 32.2. The van der Waals surface area contributed by atoms with Gasteiger partial charge in [-0.15, -0.1) is 0 Å². The first kappa shape index (κ1) is 21.7. The normalized spacial score (nSPS) is 38.7. The van der Waals surface area contributed by atoms with Crippen LogP contribution < -0.4 is 0 Å². The van der Waals surface area contributed by atoms with Crippen LogP contribution in [0.15, 0.2) is 64.1 Å². The van der Waals surface area contributed by atoms with Crippen LogP contribution in [0.25, 0.3) is 0 Å². The summed E-state index contributed by atoms with van der Waals surface area (Å²) in [6, 6.07) is 8.49. The first-order chi connectivity index (χ1) is 15.8. The summed E-state index contributed by atoms with van der Waals surface area (Å²) in [5.74, 6) is 1.75. The fourth-order valence-corrected chi connectivity index (χ4v) is 8.83. The van der Waals surface area contributed by atoms with E-state index in [2.05, 4.69) is 25.6 Å². The summed E-state index contributed by atoms with van der Waals surface area (Å²) >= 11 is 0. The molecule has 5 aliphatic rings. The zero-order valence-electron chi connectivity index (χ0n) is 19.8. The lowest BCUT2D eigenvalue weighted by Crippen LogP contribution is -2.52. The Labute approximate surface area is 199 Å². The maximum Gasteiger partial charge on any atom is 0.156 e. The number of hydrogen-bond donors (Lipinski definition) is 0. The summed E-state index contributed by atoms with van der Waals surface area (Å²) in [5, 5.41) is 0. The second-order valence-corrected chi connectivity index (χ2v) is 12.5. The van der Waals surface area contributed by atoms with Gasteiger partial charge in [0.05, 0.1) is 12.2 Å². The van der Waals surface area contributed by atoms with Crippen molar-refractivity contribution in [2.75, 3.05) is 12.9 Å². The van der Waals surface area contributed by atoms with Gasteiger partial charge in [0, 0.05) is 39.7 Å². The van der Waals surface area contributed by atoms with Crippen LogP contribution in [-0.2, 0) is 20.3 Å². The first-order valence-corrected chi connectivity index (χ1v) is 14.1. The quantitative estimate of drug-likeness (QED) is 0.503. The lowest BCUT2D eigenvalue weighted by atomic mass is 9.50. The molecule has 174 valence electrons. The van der Waals surface area contributed by atoms with Crippen molar-refractivity contribution in [2.24, 2.45) is 17.3 Å². The van der Waals surface area contributed by atoms with Gasteiger partial charge in [0.2, 0.25) is 0 Å². The van der Waals surface area contributed by atoms with Gasteiger partial charge in [-0.2, -0.15) is 0 Å². The minimum Gasteiger partial charge on any atom is -0.370 e. The van der Waals surface area contributed by atoms with Crippen molar-refractivity contribution in [3.63, 3.8) is 0 Å². The molecule has 0 N–H and O–H groups in total. The average Bonchev–Trinajstić information content (AvgIpc) is 3.33. The van der Waals surface area contributed by atoms with Gasteiger partial charge in [-0.25, -0.2) is 0 Å². The fraction of sp³-hybridized carbons (Fsp3) is 0.552. The van der Waals surface area contributed by atoms with E-state index in [0.717, 1.165) is 50.0 Å². The Hall–Kier alpha value is -1.78. The molecule has 6 atom stereocenters. The summed E-state index contributed by atoms with van der Waals surface area (Å²) < 4.78 is 18.6. The van der Waals surface area contributed by atoms with E-state index in [1.165, 1.54) is 28.7 Å². The Morgan fingerprint density at radius 3 is 2.58 bits per heavy atom. The minimum absolute atomic E-state index is 0.0674. The molecule has 6 rings (SSSR count). The summed E-state index contributed by atoms with van der Waals surface area (Å²) in [5.41, 5.74) is 6.89. The maximum atomic E-state index is 12.2. The van der Waals surface area contributed by atoms with Gasteiger partial charge in [-0.1, -0.05) is 31.2 Å². The average molecular weight is 463 g/mol. The molecule has 2 unspecified atom stereocenters. The zero-order valence-corrected chi connectivity index (χ0v) is 20.6. The molecule has 2 saturated carbocycles. The third kappa shape index (κ3) is 3.02. The van der Waals surface area contributed by atoms with E-state index in [-0.39, 0.29) is 16.8 Å². The van der Waals surface area contributed by atoms with Crippen molar-refractivity contribution in [2.45, 2.75) is 74.7 Å². The molecule has 0 amide bonds. The third-order valence-corrected chi connectivity index (χ3v) is 10.7. The number of carbonyl (C=O) groups excluding carboxylic acids is 1. The summed E-state index contributed by atoms with van der Waals surface area (Å²) in [6.45, 7) is 7.80. The smallest absolute Gasteiger partial charge is 0.156 e. The predicted octanol–water partition coefficient (Wildman–Crippen LogP) is 6.04. The minimum atomic E-state index is -0.975. The molecular formula is C29H34O3S. The number of carbonyl (C=O) groups is 1. The molecule has 33 heavy (non-hydrogen) atoms. The van der Waals surface area contributed by atoms with Crippen LogP contribution >= 0.6 is 0 Å². The highest BCUT2D eigenvalue weighted by Crippen LogP contribution is 2.70. The Morgan fingerprint density at radius 1 is 1.09 bits per heavy atom. The van der Waals surface area contributed by atoms with E-state index in [1.54, 1.807) is 11.8 Å². The highest BCUT2D eigenvalue weighted by Gasteiger charge is 2.65. The van der Waals surface area contributed by atoms with Gasteiger partial charge in [0.1, 0.15) is 0 Å². The molecule has 4 heteroatoms. The van der Waals surface area contributed by atoms with Crippen LogP contribution in [0.4, 0.5) is 0 Å². The van der Waals surface area contributed by atoms with Crippen LogP contribution in [0.1, 0.15) is 69.8 Å². The standard InChI is InChI=1S/C29H34O3S/c1-18-13-15-32-29(18)14-12-26-24-10-6-20-16-21(30)7-11-23(20)27(24)25(17-28(26,29)2)19-4-8-22(9-5-19)33(3)31/h4-5,8-9,16,24-26H,1,6-7,10-15,17H2,2-3H3/t24-,25+,26-,28-,29?,33?/m0/s1. The number of fused-ring (bicyclic) bond motifs is 5. The monoisotopic (exact) mass is 462 g/mol. The van der Waals surface area contributed by atoms with Gasteiger partial charge in [0.15, 0.2) is 5.78 Å². The Balaban J connectivity index is 1.52. The molecule has 1 aliphatic heterocycles. The van der Waals surface area contributed by atoms with Crippen molar-refractivity contribution in [3.05, 3.63) is 64.8 Å². The van der Waals surface area contributed by atoms with Gasteiger partial charge in [0.25, 0.3) is 0 Å². The molecule has 1 aromatic rings. The topological polar surface area (TPSA) is 43.4 Å². The molecular weight excluding hydrogens is 428 g/mol. The van der Waals surface area contributed by atoms with Crippen LogP contribution in [0.5, 0.6) is 0 Å². The molecule has 1 spiro atoms. The molecule has 0 aromatic heterocycles. The van der Waals surface area contributed by atoms with E-state index in [1.807, 2.05) is 18.2 Å². The molecule has 1 aromatic carbocycles. The Bertz CT molecular complexity index is 1130. The highest BCUT2D eigenvalue weighted by molar-refractivity contribution is 7.84. The van der Waals surface area contributed by atoms with Crippen LogP contribution in [0.3, 0.4) is 0 Å². The molecule has 3 fully saturated rings. The van der Waals surface area contributed by atoms with Crippen molar-refractivity contribution in [1.29, 1.82) is 0 Å². The Kier molecular flexibility index (Phi) is 5.01. The van der Waals surface area contributed by atoms with Crippen LogP contribution in [0.2, 0.25) is 0 Å². The SMILES string of the molecule is C=C1CCOC12CC[C@H]1[C@@H]3CCC4=CC(=O)CCC4=C3[C@@H](c3ccc(S(C)=O)cc3)C[C@@]12C. The number of allylic oxidation sites excluding steroid dienone is 4. The van der Waals surface area contributed by atoms with Crippen LogP contribution in [-0.4, -0.2) is 28.5 Å². The molecule has 4 aliphatic carbocycles. The predicted molar refractivity (Wildman–Crippen MR) is 131 cm³/mol. The van der Waals surface area contributed by atoms with Crippen molar-refractivity contribution < 1.29 is 13.7 Å². The summed E-state index contributed by atoms with van der Waals surface area (Å²) in [6.07, 6.45) is 11.7. The fourth-order valence-electron chi connectivity index (χ4n) is 8.31. The maximum absolute atomic E-state index is 12.2. The lowest BCUT2D eigenvalue weighted by molar-refractivity contribution is -0.114. The Morgan fingerprint density at radius 2 is 1.88 bits per heavy atom. The summed E-state index contributed by atoms with van der Waals surface area (Å²) in [4.78, 5) is 13.1. The first-order valence-electron chi connectivity index (χ1n) is 12.6. The second-order valence-electron chi connectivity index (χ2n) is 11.1. The molecule has 0 radical (unpaired) electrons. The van der Waals surface area contributed by atoms with Gasteiger partial charge in [-0.3, -0.25) is 9.00 Å². The number of ether oxygens (including phenoxy) is 1. The van der Waals surface area contributed by atoms with Crippen LogP contribution in [0, 0.1) is 17.3 Å². The van der Waals surface area contributed by atoms with E-state index in [4.69, 9.17) is 4.74 Å². The number of benzene rings is 1. The van der Waals surface area contributed by atoms with Gasteiger partial charge in [-0.05, 0) is 97.3 Å². The van der Waals surface area contributed by atoms with E-state index < -0.39 is 10.8 Å². The van der Waals surface area contributed by atoms with Crippen molar-refractivity contribution in [3.8, 4) is 0 Å². The van der Waals surface area contributed by atoms with E-state index in [0.29, 0.717) is 24.2 Å². The summed E-state index contributed by atoms with van der Waals surface area (Å²) in [7, 11) is -0.975.